The van der Waals surface area contributed by atoms with Crippen LogP contribution in [0.5, 0.6) is 0 Å². The number of benzene rings is 2. The van der Waals surface area contributed by atoms with Gasteiger partial charge in [-0.2, -0.15) is 0 Å². The van der Waals surface area contributed by atoms with Gasteiger partial charge in [-0.05, 0) is 42.3 Å². The number of nitrogens with one attached hydrogen (secondary N) is 2. The molecule has 1 aromatic heterocycles. The Bertz CT molecular complexity index is 1080. The van der Waals surface area contributed by atoms with E-state index in [4.69, 9.17) is 0 Å². The van der Waals surface area contributed by atoms with E-state index in [1.165, 1.54) is 12.1 Å². The summed E-state index contributed by atoms with van der Waals surface area (Å²) in [6.07, 6.45) is 0.987. The van der Waals surface area contributed by atoms with E-state index in [-0.39, 0.29) is 23.7 Å². The molecule has 0 aliphatic carbocycles. The Morgan fingerprint density at radius 2 is 1.55 bits per heavy atom. The van der Waals surface area contributed by atoms with Crippen molar-refractivity contribution in [3.8, 4) is 0 Å². The first-order valence-electron chi connectivity index (χ1n) is 8.87. The van der Waals surface area contributed by atoms with Crippen LogP contribution >= 0.6 is 0 Å². The molecule has 0 saturated heterocycles. The van der Waals surface area contributed by atoms with E-state index >= 15 is 0 Å². The van der Waals surface area contributed by atoms with Gasteiger partial charge in [-0.1, -0.05) is 42.0 Å². The molecule has 0 spiro atoms. The highest BCUT2D eigenvalue weighted by Crippen LogP contribution is 2.11. The van der Waals surface area contributed by atoms with E-state index in [1.807, 2.05) is 6.92 Å². The van der Waals surface area contributed by atoms with E-state index in [9.17, 15) is 17.6 Å². The molecular weight excluding hydrogens is 393 g/mol. The van der Waals surface area contributed by atoms with Gasteiger partial charge in [-0.15, -0.1) is 0 Å². The minimum atomic E-state index is -3.58. The van der Waals surface area contributed by atoms with Gasteiger partial charge in [0, 0.05) is 13.1 Å². The summed E-state index contributed by atoms with van der Waals surface area (Å²) in [5.41, 5.74) is 2.75. The van der Waals surface area contributed by atoms with Crippen LogP contribution in [-0.4, -0.2) is 19.3 Å². The molecule has 1 heterocycles. The molecular formula is C21H20FN3O3S. The Labute approximate surface area is 168 Å². The quantitative estimate of drug-likeness (QED) is 0.623. The van der Waals surface area contributed by atoms with Crippen LogP contribution in [-0.2, 0) is 23.1 Å². The Balaban J connectivity index is 1.54. The molecule has 0 unspecified atom stereocenters. The summed E-state index contributed by atoms with van der Waals surface area (Å²) in [4.78, 5) is 15.9. The molecule has 0 aliphatic heterocycles. The average molecular weight is 413 g/mol. The second-order valence-corrected chi connectivity index (χ2v) is 8.27. The zero-order chi connectivity index (χ0) is 20.9. The largest absolute Gasteiger partial charge is 0.347 e. The van der Waals surface area contributed by atoms with Gasteiger partial charge in [0.1, 0.15) is 11.5 Å². The molecule has 0 aliphatic rings. The number of hydrogen-bond acceptors (Lipinski definition) is 4. The van der Waals surface area contributed by atoms with Gasteiger partial charge >= 0.3 is 0 Å². The van der Waals surface area contributed by atoms with Crippen molar-refractivity contribution >= 4 is 15.9 Å². The lowest BCUT2D eigenvalue weighted by Gasteiger charge is -2.09. The minimum absolute atomic E-state index is 0.133. The molecule has 3 aromatic rings. The summed E-state index contributed by atoms with van der Waals surface area (Å²) in [5.74, 6) is -0.907. The summed E-state index contributed by atoms with van der Waals surface area (Å²) in [5, 5.41) is 2.70. The standard InChI is InChI=1S/C21H20FN3O3S/c1-15-2-9-19(10-3-15)29(27,28)25-13-17-6-4-16(5-7-17)12-24-21(26)20-11-8-18(22)14-23-20/h2-11,14,25H,12-13H2,1H3,(H,24,26). The lowest BCUT2D eigenvalue weighted by atomic mass is 10.1. The number of carbonyl (C=O) groups excluding carboxylic acids is 1. The van der Waals surface area contributed by atoms with E-state index in [2.05, 4.69) is 15.0 Å². The number of rotatable bonds is 7. The lowest BCUT2D eigenvalue weighted by Crippen LogP contribution is -2.24. The summed E-state index contributed by atoms with van der Waals surface area (Å²) in [6, 6.07) is 16.3. The SMILES string of the molecule is Cc1ccc(S(=O)(=O)NCc2ccc(CNC(=O)c3ccc(F)cn3)cc2)cc1. The second kappa shape index (κ2) is 8.93. The molecule has 1 amide bonds. The van der Waals surface area contributed by atoms with Crippen LogP contribution in [0.15, 0.2) is 71.8 Å². The highest BCUT2D eigenvalue weighted by molar-refractivity contribution is 7.89. The van der Waals surface area contributed by atoms with Crippen molar-refractivity contribution in [1.82, 2.24) is 15.0 Å². The Morgan fingerprint density at radius 1 is 0.931 bits per heavy atom. The smallest absolute Gasteiger partial charge is 0.270 e. The first-order valence-corrected chi connectivity index (χ1v) is 10.4. The number of hydrogen-bond donors (Lipinski definition) is 2. The second-order valence-electron chi connectivity index (χ2n) is 6.50. The highest BCUT2D eigenvalue weighted by Gasteiger charge is 2.13. The van der Waals surface area contributed by atoms with Crippen LogP contribution < -0.4 is 10.0 Å². The van der Waals surface area contributed by atoms with Crippen molar-refractivity contribution in [3.05, 3.63) is 95.1 Å². The molecule has 29 heavy (non-hydrogen) atoms. The van der Waals surface area contributed by atoms with Gasteiger partial charge in [0.2, 0.25) is 10.0 Å². The van der Waals surface area contributed by atoms with Crippen molar-refractivity contribution < 1.29 is 17.6 Å². The number of sulfonamides is 1. The third-order valence-electron chi connectivity index (χ3n) is 4.23. The number of pyridine rings is 1. The Hall–Kier alpha value is -3.10. The summed E-state index contributed by atoms with van der Waals surface area (Å²) in [6.45, 7) is 2.32. The predicted molar refractivity (Wildman–Crippen MR) is 107 cm³/mol. The molecule has 0 atom stereocenters. The third kappa shape index (κ3) is 5.69. The van der Waals surface area contributed by atoms with Crippen molar-refractivity contribution in [2.45, 2.75) is 24.9 Å². The molecule has 2 N–H and O–H groups in total. The van der Waals surface area contributed by atoms with Gasteiger partial charge in [-0.25, -0.2) is 22.5 Å². The molecule has 3 rings (SSSR count). The maximum atomic E-state index is 12.9. The van der Waals surface area contributed by atoms with E-state index < -0.39 is 21.7 Å². The molecule has 150 valence electrons. The monoisotopic (exact) mass is 413 g/mol. The van der Waals surface area contributed by atoms with Crippen molar-refractivity contribution in [2.24, 2.45) is 0 Å². The average Bonchev–Trinajstić information content (AvgIpc) is 2.72. The van der Waals surface area contributed by atoms with Gasteiger partial charge in [0.25, 0.3) is 5.91 Å². The van der Waals surface area contributed by atoms with Gasteiger partial charge in [-0.3, -0.25) is 4.79 Å². The number of aromatic nitrogens is 1. The van der Waals surface area contributed by atoms with Gasteiger partial charge in [0.05, 0.1) is 11.1 Å². The molecule has 8 heteroatoms. The highest BCUT2D eigenvalue weighted by atomic mass is 32.2. The molecule has 0 radical (unpaired) electrons. The molecule has 0 saturated carbocycles. The zero-order valence-electron chi connectivity index (χ0n) is 15.7. The lowest BCUT2D eigenvalue weighted by molar-refractivity contribution is 0.0946. The fraction of sp³-hybridized carbons (Fsp3) is 0.143. The van der Waals surface area contributed by atoms with Crippen LogP contribution in [0, 0.1) is 12.7 Å². The first-order chi connectivity index (χ1) is 13.8. The number of carbonyl (C=O) groups is 1. The van der Waals surface area contributed by atoms with E-state index in [0.29, 0.717) is 0 Å². The number of nitrogens with zero attached hydrogens (tertiary/aromatic N) is 1. The fourth-order valence-electron chi connectivity index (χ4n) is 2.54. The van der Waals surface area contributed by atoms with Crippen molar-refractivity contribution in [1.29, 1.82) is 0 Å². The van der Waals surface area contributed by atoms with Crippen molar-refractivity contribution in [3.63, 3.8) is 0 Å². The fourth-order valence-corrected chi connectivity index (χ4v) is 3.55. The van der Waals surface area contributed by atoms with Crippen LogP contribution in [0.4, 0.5) is 4.39 Å². The van der Waals surface area contributed by atoms with Crippen LogP contribution in [0.3, 0.4) is 0 Å². The van der Waals surface area contributed by atoms with Gasteiger partial charge in [0.15, 0.2) is 0 Å². The third-order valence-corrected chi connectivity index (χ3v) is 5.65. The number of halogens is 1. The maximum absolute atomic E-state index is 12.9. The normalized spacial score (nSPS) is 11.2. The predicted octanol–water partition coefficient (Wildman–Crippen LogP) is 2.94. The summed E-state index contributed by atoms with van der Waals surface area (Å²) < 4.78 is 40.1. The summed E-state index contributed by atoms with van der Waals surface area (Å²) >= 11 is 0. The Kier molecular flexibility index (Phi) is 6.36. The zero-order valence-corrected chi connectivity index (χ0v) is 16.5. The van der Waals surface area contributed by atoms with Crippen LogP contribution in [0.2, 0.25) is 0 Å². The van der Waals surface area contributed by atoms with Crippen molar-refractivity contribution in [2.75, 3.05) is 0 Å². The topological polar surface area (TPSA) is 88.2 Å². The van der Waals surface area contributed by atoms with E-state index in [0.717, 1.165) is 22.9 Å². The molecule has 0 fully saturated rings. The van der Waals surface area contributed by atoms with Crippen LogP contribution in [0.25, 0.3) is 0 Å². The molecule has 0 bridgehead atoms. The number of aryl methyl sites for hydroxylation is 1. The van der Waals surface area contributed by atoms with Crippen LogP contribution in [0.1, 0.15) is 27.2 Å². The first kappa shape index (κ1) is 20.6. The van der Waals surface area contributed by atoms with E-state index in [1.54, 1.807) is 48.5 Å². The minimum Gasteiger partial charge on any atom is -0.347 e. The van der Waals surface area contributed by atoms with Gasteiger partial charge < -0.3 is 5.32 Å². The maximum Gasteiger partial charge on any atom is 0.270 e. The molecule has 6 nitrogen and oxygen atoms in total. The molecule has 2 aromatic carbocycles. The summed E-state index contributed by atoms with van der Waals surface area (Å²) in [7, 11) is -3.58. The number of amides is 1. The Morgan fingerprint density at radius 3 is 2.14 bits per heavy atom.